The minimum atomic E-state index is 1.07. The van der Waals surface area contributed by atoms with Crippen LogP contribution in [0.1, 0.15) is 53.6 Å². The Morgan fingerprint density at radius 3 is 1.26 bits per heavy atom. The van der Waals surface area contributed by atoms with Gasteiger partial charge >= 0.3 is 0 Å². The van der Waals surface area contributed by atoms with Crippen LogP contribution in [0.2, 0.25) is 0 Å². The van der Waals surface area contributed by atoms with Gasteiger partial charge in [0, 0.05) is 11.1 Å². The Morgan fingerprint density at radius 2 is 0.852 bits per heavy atom. The van der Waals surface area contributed by atoms with Gasteiger partial charge in [-0.1, -0.05) is 80.6 Å². The van der Waals surface area contributed by atoms with E-state index in [1.165, 1.54) is 35.1 Å². The molecule has 136 valence electrons. The van der Waals surface area contributed by atoms with Gasteiger partial charge in [-0.3, -0.25) is 0 Å². The van der Waals surface area contributed by atoms with Crippen molar-refractivity contribution < 1.29 is 0 Å². The third-order valence-corrected chi connectivity index (χ3v) is 4.93. The van der Waals surface area contributed by atoms with Crippen LogP contribution < -0.4 is 0 Å². The van der Waals surface area contributed by atoms with E-state index in [0.29, 0.717) is 0 Å². The molecule has 3 aromatic rings. The molecule has 0 spiro atoms. The second-order valence-electron chi connectivity index (χ2n) is 7.06. The molecule has 3 rings (SSSR count). The number of benzene rings is 3. The summed E-state index contributed by atoms with van der Waals surface area (Å²) in [7, 11) is 0. The lowest BCUT2D eigenvalue weighted by Gasteiger charge is -2.04. The average molecular weight is 353 g/mol. The summed E-state index contributed by atoms with van der Waals surface area (Å²) in [5.74, 6) is 6.52. The maximum Gasteiger partial charge on any atom is 0.0249 e. The number of hydrogen-bond acceptors (Lipinski definition) is 0. The second kappa shape index (κ2) is 9.79. The third kappa shape index (κ3) is 5.87. The van der Waals surface area contributed by atoms with Crippen molar-refractivity contribution in [3.05, 3.63) is 106 Å². The molecule has 0 atom stereocenters. The zero-order valence-electron chi connectivity index (χ0n) is 16.5. The summed E-state index contributed by atoms with van der Waals surface area (Å²) >= 11 is 0. The van der Waals surface area contributed by atoms with Gasteiger partial charge < -0.3 is 0 Å². The molecule has 0 aliphatic rings. The van der Waals surface area contributed by atoms with E-state index >= 15 is 0 Å². The maximum atomic E-state index is 3.27. The number of rotatable bonds is 6. The highest BCUT2D eigenvalue weighted by molar-refractivity contribution is 5.44. The smallest absolute Gasteiger partial charge is 0.0249 e. The predicted octanol–water partition coefficient (Wildman–Crippen LogP) is 6.39. The van der Waals surface area contributed by atoms with Crippen molar-refractivity contribution in [3.63, 3.8) is 0 Å². The summed E-state index contributed by atoms with van der Waals surface area (Å²) in [6.45, 7) is 4.40. The molecular weight excluding hydrogens is 324 g/mol. The van der Waals surface area contributed by atoms with Gasteiger partial charge in [0.1, 0.15) is 0 Å². The van der Waals surface area contributed by atoms with E-state index in [1.807, 2.05) is 0 Å². The summed E-state index contributed by atoms with van der Waals surface area (Å²) in [6.07, 6.45) is 5.60. The highest BCUT2D eigenvalue weighted by Crippen LogP contribution is 2.11. The van der Waals surface area contributed by atoms with Crippen LogP contribution >= 0.6 is 0 Å². The largest absolute Gasteiger partial charge is 0.0651 e. The summed E-state index contributed by atoms with van der Waals surface area (Å²) in [5, 5.41) is 0. The van der Waals surface area contributed by atoms with E-state index in [1.54, 1.807) is 0 Å². The molecule has 0 fully saturated rings. The van der Waals surface area contributed by atoms with Crippen molar-refractivity contribution in [1.29, 1.82) is 0 Å². The highest BCUT2D eigenvalue weighted by Gasteiger charge is 1.98. The first-order chi connectivity index (χ1) is 13.3. The molecule has 0 heterocycles. The van der Waals surface area contributed by atoms with Gasteiger partial charge in [0.25, 0.3) is 0 Å². The van der Waals surface area contributed by atoms with E-state index in [0.717, 1.165) is 30.4 Å². The Hall–Kier alpha value is -2.78. The monoisotopic (exact) mass is 352 g/mol. The fraction of sp³-hybridized carbons (Fsp3) is 0.259. The molecule has 0 N–H and O–H groups in total. The van der Waals surface area contributed by atoms with Gasteiger partial charge in [-0.2, -0.15) is 0 Å². The molecule has 0 radical (unpaired) electrons. The lowest BCUT2D eigenvalue weighted by Crippen LogP contribution is -1.92. The first kappa shape index (κ1) is 19.0. The van der Waals surface area contributed by atoms with Gasteiger partial charge in [0.2, 0.25) is 0 Å². The standard InChI is InChI=1S/C27H28/c1-3-5-23-10-12-25(13-11-23)16-17-27-20-18-26(19-21-27)15-14-24-8-6-22(4-2)7-9-24/h6-13,18-21H,3-5,16-17H2,1-2H3. The van der Waals surface area contributed by atoms with Crippen molar-refractivity contribution in [2.45, 2.75) is 46.0 Å². The van der Waals surface area contributed by atoms with Crippen LogP contribution in [0.25, 0.3) is 0 Å². The topological polar surface area (TPSA) is 0 Å². The Bertz CT molecular complexity index is 885. The zero-order chi connectivity index (χ0) is 18.9. The fourth-order valence-corrected chi connectivity index (χ4v) is 3.17. The lowest BCUT2D eigenvalue weighted by atomic mass is 10.0. The number of aryl methyl sites for hydroxylation is 4. The zero-order valence-corrected chi connectivity index (χ0v) is 16.5. The van der Waals surface area contributed by atoms with Crippen LogP contribution in [0.5, 0.6) is 0 Å². The molecule has 0 aliphatic carbocycles. The molecule has 0 heteroatoms. The Morgan fingerprint density at radius 1 is 0.481 bits per heavy atom. The van der Waals surface area contributed by atoms with E-state index in [-0.39, 0.29) is 0 Å². The molecule has 0 aliphatic heterocycles. The van der Waals surface area contributed by atoms with Gasteiger partial charge in [-0.05, 0) is 72.2 Å². The maximum absolute atomic E-state index is 3.27. The van der Waals surface area contributed by atoms with Crippen molar-refractivity contribution >= 4 is 0 Å². The van der Waals surface area contributed by atoms with E-state index in [2.05, 4.69) is 98.5 Å². The normalized spacial score (nSPS) is 10.3. The van der Waals surface area contributed by atoms with Crippen molar-refractivity contribution in [2.75, 3.05) is 0 Å². The van der Waals surface area contributed by atoms with Crippen molar-refractivity contribution in [3.8, 4) is 11.8 Å². The molecule has 0 unspecified atom stereocenters. The van der Waals surface area contributed by atoms with Gasteiger partial charge in [-0.15, -0.1) is 0 Å². The van der Waals surface area contributed by atoms with Crippen molar-refractivity contribution in [2.24, 2.45) is 0 Å². The van der Waals surface area contributed by atoms with Gasteiger partial charge in [0.05, 0.1) is 0 Å². The number of hydrogen-bond donors (Lipinski definition) is 0. The Kier molecular flexibility index (Phi) is 6.89. The molecule has 0 saturated carbocycles. The molecular formula is C27H28. The molecule has 0 aromatic heterocycles. The second-order valence-corrected chi connectivity index (χ2v) is 7.06. The first-order valence-corrected chi connectivity index (χ1v) is 10.0. The quantitative estimate of drug-likeness (QED) is 0.451. The lowest BCUT2D eigenvalue weighted by molar-refractivity contribution is 0.914. The molecule has 0 amide bonds. The minimum absolute atomic E-state index is 1.07. The van der Waals surface area contributed by atoms with Crippen LogP contribution in [0, 0.1) is 11.8 Å². The van der Waals surface area contributed by atoms with Gasteiger partial charge in [0.15, 0.2) is 0 Å². The summed E-state index contributed by atoms with van der Waals surface area (Å²) in [6, 6.07) is 26.3. The van der Waals surface area contributed by atoms with E-state index in [9.17, 15) is 0 Å². The predicted molar refractivity (Wildman–Crippen MR) is 116 cm³/mol. The summed E-state index contributed by atoms with van der Waals surface area (Å²) < 4.78 is 0. The molecule has 0 saturated heterocycles. The van der Waals surface area contributed by atoms with Gasteiger partial charge in [-0.25, -0.2) is 0 Å². The van der Waals surface area contributed by atoms with Crippen LogP contribution in [0.4, 0.5) is 0 Å². The SMILES string of the molecule is CCCc1ccc(CCc2ccc(C#Cc3ccc(CC)cc3)cc2)cc1. The van der Waals surface area contributed by atoms with Crippen LogP contribution in [-0.2, 0) is 25.7 Å². The van der Waals surface area contributed by atoms with Crippen LogP contribution in [0.3, 0.4) is 0 Å². The summed E-state index contributed by atoms with van der Waals surface area (Å²) in [5.41, 5.74) is 7.71. The molecule has 0 nitrogen and oxygen atoms in total. The van der Waals surface area contributed by atoms with E-state index < -0.39 is 0 Å². The highest BCUT2D eigenvalue weighted by atomic mass is 14.0. The molecule has 0 bridgehead atoms. The summed E-state index contributed by atoms with van der Waals surface area (Å²) in [4.78, 5) is 0. The Labute approximate surface area is 164 Å². The molecule has 27 heavy (non-hydrogen) atoms. The Balaban J connectivity index is 1.56. The molecule has 3 aromatic carbocycles. The van der Waals surface area contributed by atoms with Crippen molar-refractivity contribution in [1.82, 2.24) is 0 Å². The van der Waals surface area contributed by atoms with Crippen LogP contribution in [-0.4, -0.2) is 0 Å². The fourth-order valence-electron chi connectivity index (χ4n) is 3.17. The third-order valence-electron chi connectivity index (χ3n) is 4.93. The van der Waals surface area contributed by atoms with Crippen LogP contribution in [0.15, 0.2) is 72.8 Å². The van der Waals surface area contributed by atoms with E-state index in [4.69, 9.17) is 0 Å². The minimum Gasteiger partial charge on any atom is -0.0651 e. The first-order valence-electron chi connectivity index (χ1n) is 10.0. The average Bonchev–Trinajstić information content (AvgIpc) is 2.73.